The van der Waals surface area contributed by atoms with Crippen LogP contribution in [0.3, 0.4) is 0 Å². The molecule has 0 spiro atoms. The van der Waals surface area contributed by atoms with Gasteiger partial charge in [0, 0.05) is 31.8 Å². The van der Waals surface area contributed by atoms with E-state index in [1.807, 2.05) is 49.3 Å². The fourth-order valence-electron chi connectivity index (χ4n) is 5.46. The summed E-state index contributed by atoms with van der Waals surface area (Å²) in [5, 5.41) is 0.157. The van der Waals surface area contributed by atoms with Gasteiger partial charge in [0.1, 0.15) is 13.2 Å². The number of carbonyl (C=O) groups is 3. The maximum atomic E-state index is 13.1. The first-order valence-electron chi connectivity index (χ1n) is 20.1. The molecular weight excluding hydrogens is 669 g/mol. The van der Waals surface area contributed by atoms with Gasteiger partial charge in [0.15, 0.2) is 0 Å². The van der Waals surface area contributed by atoms with Crippen LogP contribution in [-0.2, 0) is 20.7 Å². The average molecular weight is 743 g/mol. The Bertz CT molecular complexity index is 1090. The van der Waals surface area contributed by atoms with Gasteiger partial charge in [-0.3, -0.25) is 9.59 Å². The van der Waals surface area contributed by atoms with Crippen LogP contribution in [0.15, 0.2) is 61.7 Å². The molecule has 52 heavy (non-hydrogen) atoms. The van der Waals surface area contributed by atoms with Crippen LogP contribution in [0.25, 0.3) is 0 Å². The molecule has 0 aromatic heterocycles. The number of carbonyl (C=O) groups excluding carboxylic acids is 3. The molecule has 8 heteroatoms. The van der Waals surface area contributed by atoms with E-state index >= 15 is 0 Å². The van der Waals surface area contributed by atoms with Gasteiger partial charge < -0.3 is 19.3 Å². The van der Waals surface area contributed by atoms with Gasteiger partial charge in [0.2, 0.25) is 0 Å². The summed E-state index contributed by atoms with van der Waals surface area (Å²) in [7, 11) is 4.05. The predicted molar refractivity (Wildman–Crippen MR) is 223 cm³/mol. The van der Waals surface area contributed by atoms with Crippen molar-refractivity contribution in [3.8, 4) is 0 Å². The molecule has 0 aliphatic rings. The van der Waals surface area contributed by atoms with E-state index in [1.165, 1.54) is 63.1 Å². The minimum absolute atomic E-state index is 0.116. The summed E-state index contributed by atoms with van der Waals surface area (Å²) in [6.45, 7) is 13.5. The highest BCUT2D eigenvalue weighted by atomic mass is 32.2. The van der Waals surface area contributed by atoms with Crippen molar-refractivity contribution >= 4 is 28.9 Å². The van der Waals surface area contributed by atoms with E-state index < -0.39 is 0 Å². The van der Waals surface area contributed by atoms with E-state index in [4.69, 9.17) is 9.47 Å². The zero-order valence-corrected chi connectivity index (χ0v) is 34.4. The van der Waals surface area contributed by atoms with Crippen molar-refractivity contribution < 1.29 is 23.9 Å². The highest BCUT2D eigenvalue weighted by Crippen LogP contribution is 2.15. The van der Waals surface area contributed by atoms with Crippen LogP contribution in [0.2, 0.25) is 0 Å². The number of benzene rings is 1. The number of aryl methyl sites for hydroxylation is 1. The summed E-state index contributed by atoms with van der Waals surface area (Å²) in [4.78, 5) is 41.8. The van der Waals surface area contributed by atoms with Crippen molar-refractivity contribution in [2.75, 3.05) is 52.7 Å². The molecule has 0 radical (unpaired) electrons. The zero-order chi connectivity index (χ0) is 38.5. The summed E-state index contributed by atoms with van der Waals surface area (Å²) >= 11 is 1.41. The Labute approximate surface area is 323 Å². The lowest BCUT2D eigenvalue weighted by molar-refractivity contribution is -0.142. The van der Waals surface area contributed by atoms with Crippen LogP contribution in [0.4, 0.5) is 4.79 Å². The van der Waals surface area contributed by atoms with E-state index in [9.17, 15) is 14.4 Å². The summed E-state index contributed by atoms with van der Waals surface area (Å²) in [6.07, 6.45) is 28.2. The molecule has 1 aromatic rings. The van der Waals surface area contributed by atoms with Crippen molar-refractivity contribution in [3.05, 3.63) is 72.9 Å². The summed E-state index contributed by atoms with van der Waals surface area (Å²) in [6, 6.07) is 7.72. The van der Waals surface area contributed by atoms with E-state index in [0.29, 0.717) is 25.2 Å². The van der Waals surface area contributed by atoms with Gasteiger partial charge >= 0.3 is 11.9 Å². The topological polar surface area (TPSA) is 76.1 Å². The number of rotatable bonds is 31. The van der Waals surface area contributed by atoms with Gasteiger partial charge in [0.05, 0.1) is 5.56 Å². The first-order chi connectivity index (χ1) is 25.4. The molecule has 0 unspecified atom stereocenters. The third kappa shape index (κ3) is 29.7. The fraction of sp³-hybridized carbons (Fsp3) is 0.659. The number of esters is 2. The first kappa shape index (κ1) is 49.2. The molecule has 0 heterocycles. The summed E-state index contributed by atoms with van der Waals surface area (Å²) in [5.74, 6) is 0.380. The van der Waals surface area contributed by atoms with Crippen LogP contribution >= 0.6 is 11.8 Å². The van der Waals surface area contributed by atoms with Gasteiger partial charge in [-0.15, -0.1) is 13.2 Å². The minimum atomic E-state index is -0.287. The molecule has 0 aliphatic carbocycles. The molecule has 0 atom stereocenters. The maximum absolute atomic E-state index is 13.1. The number of hydrogen-bond donors (Lipinski definition) is 0. The maximum Gasteiger partial charge on any atom is 0.338 e. The molecule has 0 N–H and O–H groups in total. The second-order valence-electron chi connectivity index (χ2n) is 13.5. The van der Waals surface area contributed by atoms with Gasteiger partial charge in [0.25, 0.3) is 5.24 Å². The largest absolute Gasteiger partial charge is 0.461 e. The standard InChI is InChI=1S/C42H70N2O5S.C2H4/c1-5-7-9-11-13-18-24-34-48-40(45)30-20-16-15-17-22-31-44(42(47)50-36-33-43(3)4)32-23-21-27-38-28-26-29-39(37-38)41(46)49-35-25-19-14-12-10-8-6-2;1-2/h18-19,24-26,28-29,37H,5-17,20-23,27,30-36H2,1-4H3;1-2H2/b24-18-,25-19-;. The average Bonchev–Trinajstić information content (AvgIpc) is 3.14. The molecule has 0 fully saturated rings. The number of nitrogens with zero attached hydrogens (tertiary/aromatic N) is 2. The Hall–Kier alpha value is -2.84. The van der Waals surface area contributed by atoms with E-state index in [0.717, 1.165) is 95.2 Å². The number of allylic oxidation sites excluding steroid dienone is 2. The smallest absolute Gasteiger partial charge is 0.338 e. The van der Waals surface area contributed by atoms with Gasteiger partial charge in [-0.2, -0.15) is 0 Å². The minimum Gasteiger partial charge on any atom is -0.461 e. The molecule has 1 aromatic carbocycles. The van der Waals surface area contributed by atoms with Crippen LogP contribution in [0.5, 0.6) is 0 Å². The molecule has 0 aliphatic heterocycles. The van der Waals surface area contributed by atoms with Crippen LogP contribution in [0, 0.1) is 0 Å². The molecule has 0 bridgehead atoms. The highest BCUT2D eigenvalue weighted by molar-refractivity contribution is 8.13. The third-order valence-corrected chi connectivity index (χ3v) is 9.46. The molecule has 296 valence electrons. The van der Waals surface area contributed by atoms with Crippen LogP contribution in [-0.4, -0.2) is 79.7 Å². The highest BCUT2D eigenvalue weighted by Gasteiger charge is 2.14. The Balaban J connectivity index is 0.0000128. The summed E-state index contributed by atoms with van der Waals surface area (Å²) in [5.41, 5.74) is 1.70. The van der Waals surface area contributed by atoms with Crippen molar-refractivity contribution in [3.63, 3.8) is 0 Å². The van der Waals surface area contributed by atoms with Gasteiger partial charge in [-0.1, -0.05) is 120 Å². The zero-order valence-electron chi connectivity index (χ0n) is 33.6. The molecular formula is C44H74N2O5S. The van der Waals surface area contributed by atoms with E-state index in [2.05, 4.69) is 50.1 Å². The van der Waals surface area contributed by atoms with Gasteiger partial charge in [-0.25, -0.2) is 4.79 Å². The Morgan fingerprint density at radius 3 is 1.90 bits per heavy atom. The number of hydrogen-bond acceptors (Lipinski definition) is 7. The Morgan fingerprint density at radius 1 is 0.692 bits per heavy atom. The predicted octanol–water partition coefficient (Wildman–Crippen LogP) is 11.6. The van der Waals surface area contributed by atoms with Crippen molar-refractivity contribution in [1.29, 1.82) is 0 Å². The molecule has 1 rings (SSSR count). The fourth-order valence-corrected chi connectivity index (χ4v) is 6.46. The van der Waals surface area contributed by atoms with Crippen molar-refractivity contribution in [1.82, 2.24) is 9.80 Å². The van der Waals surface area contributed by atoms with E-state index in [1.54, 1.807) is 0 Å². The molecule has 7 nitrogen and oxygen atoms in total. The van der Waals surface area contributed by atoms with Crippen molar-refractivity contribution in [2.24, 2.45) is 0 Å². The van der Waals surface area contributed by atoms with E-state index in [-0.39, 0.29) is 17.2 Å². The Morgan fingerprint density at radius 2 is 1.27 bits per heavy atom. The molecule has 0 saturated carbocycles. The quantitative estimate of drug-likeness (QED) is 0.0426. The molecule has 1 amide bonds. The number of thioether (sulfide) groups is 1. The third-order valence-electron chi connectivity index (χ3n) is 8.57. The summed E-state index contributed by atoms with van der Waals surface area (Å²) < 4.78 is 10.8. The number of amides is 1. The monoisotopic (exact) mass is 743 g/mol. The normalized spacial score (nSPS) is 11.2. The lowest BCUT2D eigenvalue weighted by Crippen LogP contribution is -2.31. The SMILES string of the molecule is C=C.CCCCCC/C=C\COC(=O)CCCCCCCN(CCCCc1cccc(C(=O)OC/C=C\CCCCCC)c1)C(=O)SCCN(C)C. The molecule has 0 saturated heterocycles. The number of unbranched alkanes of at least 4 members (excludes halogenated alkanes) is 13. The Kier molecular flexibility index (Phi) is 34.5. The first-order valence-corrected chi connectivity index (χ1v) is 21.1. The van der Waals surface area contributed by atoms with Crippen LogP contribution < -0.4 is 0 Å². The lowest BCUT2D eigenvalue weighted by Gasteiger charge is -2.22. The second-order valence-corrected chi connectivity index (χ2v) is 14.5. The lowest BCUT2D eigenvalue weighted by atomic mass is 10.0. The number of ether oxygens (including phenoxy) is 2. The van der Waals surface area contributed by atoms with Crippen molar-refractivity contribution in [2.45, 2.75) is 136 Å². The second kappa shape index (κ2) is 36.5. The van der Waals surface area contributed by atoms with Crippen LogP contribution in [0.1, 0.15) is 145 Å². The van der Waals surface area contributed by atoms with Gasteiger partial charge in [-0.05, 0) is 89.6 Å².